The smallest absolute Gasteiger partial charge is 0.253 e. The van der Waals surface area contributed by atoms with Crippen LogP contribution in [0.1, 0.15) is 34.1 Å². The molecule has 3 aromatic rings. The number of ether oxygens (including phenoxy) is 1. The molecule has 28 heavy (non-hydrogen) atoms. The molecule has 1 atom stereocenters. The number of carbonyl (C=O) groups excluding carboxylic acids is 1. The lowest BCUT2D eigenvalue weighted by Gasteiger charge is -2.15. The maximum Gasteiger partial charge on any atom is 0.253 e. The van der Waals surface area contributed by atoms with Crippen LogP contribution in [-0.2, 0) is 6.42 Å². The van der Waals surface area contributed by atoms with E-state index in [9.17, 15) is 4.79 Å². The second-order valence-electron chi connectivity index (χ2n) is 6.85. The van der Waals surface area contributed by atoms with Crippen LogP contribution < -0.4 is 4.74 Å². The highest BCUT2D eigenvalue weighted by molar-refractivity contribution is 6.30. The molecule has 1 aromatic carbocycles. The lowest BCUT2D eigenvalue weighted by Crippen LogP contribution is -2.28. The molecule has 0 radical (unpaired) electrons. The van der Waals surface area contributed by atoms with Crippen LogP contribution in [0.25, 0.3) is 0 Å². The largest absolute Gasteiger partial charge is 0.493 e. The average molecular weight is 397 g/mol. The van der Waals surface area contributed by atoms with E-state index in [0.717, 1.165) is 36.5 Å². The monoisotopic (exact) mass is 396 g/mol. The zero-order chi connectivity index (χ0) is 19.3. The number of hydrogen-bond acceptors (Lipinski definition) is 4. The van der Waals surface area contributed by atoms with Crippen LogP contribution >= 0.6 is 11.6 Å². The Kier molecular flexibility index (Phi) is 5.58. The van der Waals surface area contributed by atoms with Crippen molar-refractivity contribution in [1.82, 2.24) is 20.1 Å². The number of amides is 1. The number of carbonyl (C=O) groups is 1. The van der Waals surface area contributed by atoms with Gasteiger partial charge in [-0.05, 0) is 42.8 Å². The fourth-order valence-electron chi connectivity index (χ4n) is 3.42. The Morgan fingerprint density at radius 2 is 2.11 bits per heavy atom. The van der Waals surface area contributed by atoms with Gasteiger partial charge in [0.2, 0.25) is 0 Å². The van der Waals surface area contributed by atoms with E-state index in [1.165, 1.54) is 0 Å². The fraction of sp³-hybridized carbons (Fsp3) is 0.286. The maximum atomic E-state index is 12.6. The Morgan fingerprint density at radius 1 is 1.25 bits per heavy atom. The van der Waals surface area contributed by atoms with Gasteiger partial charge in [0.15, 0.2) is 0 Å². The second-order valence-corrected chi connectivity index (χ2v) is 7.28. The van der Waals surface area contributed by atoms with Gasteiger partial charge < -0.3 is 9.64 Å². The number of hydrogen-bond donors (Lipinski definition) is 1. The molecular formula is C21H21ClN4O2. The minimum absolute atomic E-state index is 0.0515. The quantitative estimate of drug-likeness (QED) is 0.689. The highest BCUT2D eigenvalue weighted by atomic mass is 35.5. The van der Waals surface area contributed by atoms with E-state index >= 15 is 0 Å². The topological polar surface area (TPSA) is 71.1 Å². The standard InChI is InChI=1S/C21H21ClN4O2/c22-17-2-1-3-19(12-17)28-11-7-18-13-20(25-24-18)16-6-10-26(14-16)21(27)15-4-8-23-9-5-15/h1-5,8-9,12-13,16H,6-7,10-11,14H2,(H,24,25)/t16-/m0/s1. The van der Waals surface area contributed by atoms with Crippen molar-refractivity contribution in [3.8, 4) is 5.75 Å². The van der Waals surface area contributed by atoms with Gasteiger partial charge in [-0.1, -0.05) is 17.7 Å². The molecule has 3 heterocycles. The molecule has 1 N–H and O–H groups in total. The van der Waals surface area contributed by atoms with E-state index < -0.39 is 0 Å². The molecule has 6 nitrogen and oxygen atoms in total. The molecule has 1 saturated heterocycles. The molecule has 0 bridgehead atoms. The first-order chi connectivity index (χ1) is 13.7. The Balaban J connectivity index is 1.30. The third-order valence-corrected chi connectivity index (χ3v) is 5.14. The van der Waals surface area contributed by atoms with E-state index in [0.29, 0.717) is 23.7 Å². The van der Waals surface area contributed by atoms with Gasteiger partial charge in [0, 0.05) is 54.1 Å². The van der Waals surface area contributed by atoms with Gasteiger partial charge in [0.05, 0.1) is 12.3 Å². The zero-order valence-electron chi connectivity index (χ0n) is 15.3. The predicted octanol–water partition coefficient (Wildman–Crippen LogP) is 3.71. The van der Waals surface area contributed by atoms with Crippen LogP contribution in [0.2, 0.25) is 5.02 Å². The summed E-state index contributed by atoms with van der Waals surface area (Å²) in [6.07, 6.45) is 4.94. The number of benzene rings is 1. The number of aromatic amines is 1. The van der Waals surface area contributed by atoms with Crippen LogP contribution in [-0.4, -0.2) is 45.7 Å². The van der Waals surface area contributed by atoms with E-state index in [-0.39, 0.29) is 11.8 Å². The van der Waals surface area contributed by atoms with Crippen LogP contribution in [0.4, 0.5) is 0 Å². The molecule has 0 spiro atoms. The summed E-state index contributed by atoms with van der Waals surface area (Å²) >= 11 is 5.96. The summed E-state index contributed by atoms with van der Waals surface area (Å²) in [4.78, 5) is 18.4. The van der Waals surface area contributed by atoms with Gasteiger partial charge in [0.25, 0.3) is 5.91 Å². The third-order valence-electron chi connectivity index (χ3n) is 4.91. The first-order valence-corrected chi connectivity index (χ1v) is 9.69. The van der Waals surface area contributed by atoms with Crippen molar-refractivity contribution in [2.75, 3.05) is 19.7 Å². The minimum Gasteiger partial charge on any atom is -0.493 e. The lowest BCUT2D eigenvalue weighted by atomic mass is 10.0. The summed E-state index contributed by atoms with van der Waals surface area (Å²) in [5, 5.41) is 8.20. The van der Waals surface area contributed by atoms with Gasteiger partial charge in [0.1, 0.15) is 5.75 Å². The third kappa shape index (κ3) is 4.34. The minimum atomic E-state index is 0.0515. The molecule has 0 aliphatic carbocycles. The molecule has 1 aliphatic heterocycles. The average Bonchev–Trinajstić information content (AvgIpc) is 3.38. The molecular weight excluding hydrogens is 376 g/mol. The van der Waals surface area contributed by atoms with Gasteiger partial charge in [-0.15, -0.1) is 0 Å². The highest BCUT2D eigenvalue weighted by Crippen LogP contribution is 2.27. The number of pyridine rings is 1. The Morgan fingerprint density at radius 3 is 2.93 bits per heavy atom. The van der Waals surface area contributed by atoms with Gasteiger partial charge in [-0.2, -0.15) is 5.10 Å². The fourth-order valence-corrected chi connectivity index (χ4v) is 3.60. The number of rotatable bonds is 6. The summed E-state index contributed by atoms with van der Waals surface area (Å²) in [7, 11) is 0. The van der Waals surface area contributed by atoms with Crippen molar-refractivity contribution in [3.05, 3.63) is 76.8 Å². The zero-order valence-corrected chi connectivity index (χ0v) is 16.1. The van der Waals surface area contributed by atoms with Crippen LogP contribution in [0.15, 0.2) is 54.9 Å². The number of likely N-dealkylation sites (tertiary alicyclic amines) is 1. The molecule has 0 unspecified atom stereocenters. The number of H-pyrrole nitrogens is 1. The summed E-state index contributed by atoms with van der Waals surface area (Å²) in [5.41, 5.74) is 2.70. The maximum absolute atomic E-state index is 12.6. The molecule has 4 rings (SSSR count). The molecule has 0 saturated carbocycles. The normalized spacial score (nSPS) is 16.3. The predicted molar refractivity (Wildman–Crippen MR) is 107 cm³/mol. The van der Waals surface area contributed by atoms with Crippen molar-refractivity contribution in [1.29, 1.82) is 0 Å². The Labute approximate surface area is 168 Å². The summed E-state index contributed by atoms with van der Waals surface area (Å²) in [6.45, 7) is 1.97. The molecule has 7 heteroatoms. The summed E-state index contributed by atoms with van der Waals surface area (Å²) < 4.78 is 5.73. The van der Waals surface area contributed by atoms with Crippen molar-refractivity contribution >= 4 is 17.5 Å². The number of nitrogens with one attached hydrogen (secondary N) is 1. The molecule has 1 aliphatic rings. The molecule has 2 aromatic heterocycles. The Hall–Kier alpha value is -2.86. The lowest BCUT2D eigenvalue weighted by molar-refractivity contribution is 0.0790. The van der Waals surface area contributed by atoms with Crippen molar-refractivity contribution in [3.63, 3.8) is 0 Å². The number of nitrogens with zero attached hydrogens (tertiary/aromatic N) is 3. The van der Waals surface area contributed by atoms with E-state index in [1.807, 2.05) is 23.1 Å². The first-order valence-electron chi connectivity index (χ1n) is 9.31. The summed E-state index contributed by atoms with van der Waals surface area (Å²) in [5.74, 6) is 1.06. The second kappa shape index (κ2) is 8.44. The van der Waals surface area contributed by atoms with Crippen LogP contribution in [0.5, 0.6) is 5.75 Å². The van der Waals surface area contributed by atoms with Crippen molar-refractivity contribution in [2.45, 2.75) is 18.8 Å². The number of aromatic nitrogens is 3. The SMILES string of the molecule is O=C(c1ccncc1)N1CC[C@H](c2cc(CCOc3cccc(Cl)c3)[nH]n2)C1. The van der Waals surface area contributed by atoms with E-state index in [2.05, 4.69) is 21.2 Å². The van der Waals surface area contributed by atoms with Gasteiger partial charge >= 0.3 is 0 Å². The highest BCUT2D eigenvalue weighted by Gasteiger charge is 2.29. The number of halogens is 1. The van der Waals surface area contributed by atoms with Crippen LogP contribution in [0.3, 0.4) is 0 Å². The first kappa shape index (κ1) is 18.5. The van der Waals surface area contributed by atoms with Crippen molar-refractivity contribution in [2.24, 2.45) is 0 Å². The Bertz CT molecular complexity index is 944. The molecule has 144 valence electrons. The molecule has 1 amide bonds. The van der Waals surface area contributed by atoms with Gasteiger partial charge in [-0.25, -0.2) is 0 Å². The van der Waals surface area contributed by atoms with E-state index in [1.54, 1.807) is 30.6 Å². The molecule has 1 fully saturated rings. The van der Waals surface area contributed by atoms with Gasteiger partial charge in [-0.3, -0.25) is 14.9 Å². The summed E-state index contributed by atoms with van der Waals surface area (Å²) in [6, 6.07) is 13.0. The van der Waals surface area contributed by atoms with Crippen molar-refractivity contribution < 1.29 is 9.53 Å². The van der Waals surface area contributed by atoms with E-state index in [4.69, 9.17) is 16.3 Å². The van der Waals surface area contributed by atoms with Crippen LogP contribution in [0, 0.1) is 0 Å².